The molecule has 0 aliphatic heterocycles. The van der Waals surface area contributed by atoms with Gasteiger partial charge in [-0.3, -0.25) is 0 Å². The Hall–Kier alpha value is -3.18. The minimum Gasteiger partial charge on any atom is -0.484 e. The summed E-state index contributed by atoms with van der Waals surface area (Å²) in [5, 5.41) is 5.44. The molecule has 4 rings (SSSR count). The van der Waals surface area contributed by atoms with E-state index in [1.165, 1.54) is 0 Å². The van der Waals surface area contributed by atoms with Gasteiger partial charge in [-0.2, -0.15) is 5.10 Å². The van der Waals surface area contributed by atoms with Gasteiger partial charge in [-0.1, -0.05) is 36.4 Å². The lowest BCUT2D eigenvalue weighted by Gasteiger charge is -2.23. The van der Waals surface area contributed by atoms with Crippen LogP contribution in [0.15, 0.2) is 79.1 Å². The molecule has 2 N–H and O–H groups in total. The Morgan fingerprint density at radius 2 is 1.81 bits per heavy atom. The first-order chi connectivity index (χ1) is 12.7. The Bertz CT molecular complexity index is 996. The van der Waals surface area contributed by atoms with Crippen molar-refractivity contribution in [3.8, 4) is 11.6 Å². The lowest BCUT2D eigenvalue weighted by atomic mass is 10.0. The summed E-state index contributed by atoms with van der Waals surface area (Å²) in [6.45, 7) is 1.95. The molecule has 2 aromatic heterocycles. The van der Waals surface area contributed by atoms with E-state index >= 15 is 0 Å². The van der Waals surface area contributed by atoms with Crippen molar-refractivity contribution in [2.24, 2.45) is 5.73 Å². The number of fused-ring (bicyclic) bond motifs is 1. The van der Waals surface area contributed by atoms with Crippen molar-refractivity contribution in [3.63, 3.8) is 0 Å². The van der Waals surface area contributed by atoms with Gasteiger partial charge < -0.3 is 10.5 Å². The van der Waals surface area contributed by atoms with E-state index in [2.05, 4.69) is 10.1 Å². The van der Waals surface area contributed by atoms with Gasteiger partial charge in [0, 0.05) is 17.6 Å². The second-order valence-corrected chi connectivity index (χ2v) is 6.27. The number of nitrogens with two attached hydrogens (primary N) is 1. The lowest BCUT2D eigenvalue weighted by molar-refractivity contribution is 0.180. The smallest absolute Gasteiger partial charge is 0.153 e. The van der Waals surface area contributed by atoms with Gasteiger partial charge in [0.05, 0.1) is 11.7 Å². The minimum atomic E-state index is -0.209. The molecule has 26 heavy (non-hydrogen) atoms. The van der Waals surface area contributed by atoms with E-state index in [1.54, 1.807) is 6.20 Å². The molecular weight excluding hydrogens is 324 g/mol. The Morgan fingerprint density at radius 3 is 2.54 bits per heavy atom. The van der Waals surface area contributed by atoms with Gasteiger partial charge in [-0.15, -0.1) is 0 Å². The van der Waals surface area contributed by atoms with Crippen LogP contribution >= 0.6 is 0 Å². The van der Waals surface area contributed by atoms with Crippen LogP contribution in [0.25, 0.3) is 16.7 Å². The van der Waals surface area contributed by atoms with E-state index in [9.17, 15) is 0 Å². The summed E-state index contributed by atoms with van der Waals surface area (Å²) in [6.07, 6.45) is 3.37. The Labute approximate surface area is 152 Å². The van der Waals surface area contributed by atoms with Gasteiger partial charge in [0.1, 0.15) is 11.9 Å². The molecule has 0 saturated heterocycles. The van der Waals surface area contributed by atoms with Crippen molar-refractivity contribution < 1.29 is 4.74 Å². The standard InChI is InChI=1S/C21H20N4O/c1-15(22)21(16-7-3-2-4-8-16)26-18-10-11-19-17(13-18)14-24-25(19)20-9-5-6-12-23-20/h2-15,21H,22H2,1H3/t15-,21-/m0/s1. The van der Waals surface area contributed by atoms with E-state index in [0.29, 0.717) is 0 Å². The predicted octanol–water partition coefficient (Wildman–Crippen LogP) is 3.89. The zero-order valence-electron chi connectivity index (χ0n) is 14.5. The van der Waals surface area contributed by atoms with Crippen LogP contribution in [0.4, 0.5) is 0 Å². The number of hydrogen-bond donors (Lipinski definition) is 1. The average Bonchev–Trinajstić information content (AvgIpc) is 3.10. The third-order valence-corrected chi connectivity index (χ3v) is 4.27. The van der Waals surface area contributed by atoms with Crippen molar-refractivity contribution in [3.05, 3.63) is 84.7 Å². The van der Waals surface area contributed by atoms with Gasteiger partial charge in [-0.25, -0.2) is 9.67 Å². The molecule has 0 amide bonds. The van der Waals surface area contributed by atoms with Gasteiger partial charge >= 0.3 is 0 Å². The molecule has 0 radical (unpaired) electrons. The summed E-state index contributed by atoms with van der Waals surface area (Å²) in [5.74, 6) is 1.55. The number of nitrogens with zero attached hydrogens (tertiary/aromatic N) is 3. The molecule has 130 valence electrons. The zero-order chi connectivity index (χ0) is 17.9. The van der Waals surface area contributed by atoms with Crippen molar-refractivity contribution in [1.29, 1.82) is 0 Å². The van der Waals surface area contributed by atoms with Crippen LogP contribution in [-0.4, -0.2) is 20.8 Å². The van der Waals surface area contributed by atoms with Crippen LogP contribution < -0.4 is 10.5 Å². The molecule has 0 aliphatic carbocycles. The molecule has 2 atom stereocenters. The van der Waals surface area contributed by atoms with Crippen LogP contribution in [0.5, 0.6) is 5.75 Å². The summed E-state index contributed by atoms with van der Waals surface area (Å²) in [4.78, 5) is 4.36. The minimum absolute atomic E-state index is 0.135. The molecule has 4 aromatic rings. The fourth-order valence-corrected chi connectivity index (χ4v) is 3.01. The first-order valence-electron chi connectivity index (χ1n) is 8.59. The maximum absolute atomic E-state index is 6.21. The highest BCUT2D eigenvalue weighted by atomic mass is 16.5. The SMILES string of the molecule is C[C@H](N)[C@H](Oc1ccc2c(cnn2-c2ccccn2)c1)c1ccccc1. The van der Waals surface area contributed by atoms with Crippen molar-refractivity contribution in [2.45, 2.75) is 19.1 Å². The molecule has 2 aromatic carbocycles. The van der Waals surface area contributed by atoms with Crippen LogP contribution in [-0.2, 0) is 0 Å². The topological polar surface area (TPSA) is 66.0 Å². The average molecular weight is 344 g/mol. The molecule has 0 unspecified atom stereocenters. The molecule has 0 spiro atoms. The Balaban J connectivity index is 1.66. The van der Waals surface area contributed by atoms with Crippen LogP contribution in [0.3, 0.4) is 0 Å². The largest absolute Gasteiger partial charge is 0.484 e. The molecule has 5 nitrogen and oxygen atoms in total. The van der Waals surface area contributed by atoms with Crippen LogP contribution in [0.2, 0.25) is 0 Å². The summed E-state index contributed by atoms with van der Waals surface area (Å²) in [7, 11) is 0. The summed E-state index contributed by atoms with van der Waals surface area (Å²) in [6, 6.07) is 21.6. The highest BCUT2D eigenvalue weighted by Gasteiger charge is 2.18. The highest BCUT2D eigenvalue weighted by molar-refractivity contribution is 5.81. The quantitative estimate of drug-likeness (QED) is 0.596. The molecule has 0 aliphatic rings. The van der Waals surface area contributed by atoms with Gasteiger partial charge in [0.25, 0.3) is 0 Å². The number of hydrogen-bond acceptors (Lipinski definition) is 4. The van der Waals surface area contributed by atoms with Crippen molar-refractivity contribution in [2.75, 3.05) is 0 Å². The predicted molar refractivity (Wildman–Crippen MR) is 102 cm³/mol. The second-order valence-electron chi connectivity index (χ2n) is 6.27. The van der Waals surface area contributed by atoms with Crippen molar-refractivity contribution in [1.82, 2.24) is 14.8 Å². The van der Waals surface area contributed by atoms with Crippen LogP contribution in [0.1, 0.15) is 18.6 Å². The normalized spacial score (nSPS) is 13.5. The molecule has 0 saturated carbocycles. The molecule has 5 heteroatoms. The van der Waals surface area contributed by atoms with Gasteiger partial charge in [0.15, 0.2) is 5.82 Å². The zero-order valence-corrected chi connectivity index (χ0v) is 14.5. The monoisotopic (exact) mass is 344 g/mol. The lowest BCUT2D eigenvalue weighted by Crippen LogP contribution is -2.29. The Kier molecular flexibility index (Phi) is 4.37. The van der Waals surface area contributed by atoms with E-state index in [-0.39, 0.29) is 12.1 Å². The van der Waals surface area contributed by atoms with E-state index in [4.69, 9.17) is 10.5 Å². The Morgan fingerprint density at radius 1 is 1.00 bits per heavy atom. The second kappa shape index (κ2) is 6.98. The van der Waals surface area contributed by atoms with E-state index in [1.807, 2.05) is 84.5 Å². The first kappa shape index (κ1) is 16.3. The van der Waals surface area contributed by atoms with Gasteiger partial charge in [-0.05, 0) is 42.8 Å². The first-order valence-corrected chi connectivity index (χ1v) is 8.59. The maximum Gasteiger partial charge on any atom is 0.153 e. The van der Waals surface area contributed by atoms with Crippen molar-refractivity contribution >= 4 is 10.9 Å². The molecule has 0 fully saturated rings. The van der Waals surface area contributed by atoms with Gasteiger partial charge in [0.2, 0.25) is 0 Å². The summed E-state index contributed by atoms with van der Waals surface area (Å²) in [5.41, 5.74) is 8.20. The number of rotatable bonds is 5. The van der Waals surface area contributed by atoms with E-state index in [0.717, 1.165) is 28.0 Å². The summed E-state index contributed by atoms with van der Waals surface area (Å²) >= 11 is 0. The third kappa shape index (κ3) is 3.17. The van der Waals surface area contributed by atoms with E-state index < -0.39 is 0 Å². The summed E-state index contributed by atoms with van der Waals surface area (Å²) < 4.78 is 8.03. The number of pyridine rings is 1. The highest BCUT2D eigenvalue weighted by Crippen LogP contribution is 2.28. The third-order valence-electron chi connectivity index (χ3n) is 4.27. The molecule has 2 heterocycles. The molecule has 0 bridgehead atoms. The fraction of sp³-hybridized carbons (Fsp3) is 0.143. The number of benzene rings is 2. The maximum atomic E-state index is 6.21. The van der Waals surface area contributed by atoms with Crippen LogP contribution in [0, 0.1) is 0 Å². The molecular formula is C21H20N4O. The fourth-order valence-electron chi connectivity index (χ4n) is 3.01. The number of ether oxygens (including phenoxy) is 1. The number of aromatic nitrogens is 3.